The van der Waals surface area contributed by atoms with Crippen molar-refractivity contribution in [2.45, 2.75) is 0 Å². The third kappa shape index (κ3) is 6.78. The van der Waals surface area contributed by atoms with Crippen molar-refractivity contribution in [3.8, 4) is 0 Å². The van der Waals surface area contributed by atoms with Crippen LogP contribution in [-0.2, 0) is 22.7 Å². The van der Waals surface area contributed by atoms with Crippen molar-refractivity contribution in [2.24, 2.45) is 0 Å². The molecule has 0 radical (unpaired) electrons. The summed E-state index contributed by atoms with van der Waals surface area (Å²) in [5.41, 5.74) is 0. The first kappa shape index (κ1) is 32.7. The molecular weight excluding hydrogens is 641 g/mol. The van der Waals surface area contributed by atoms with Crippen LogP contribution in [0.25, 0.3) is 0 Å². The van der Waals surface area contributed by atoms with Gasteiger partial charge in [0.05, 0.1) is 7.11 Å². The monoisotopic (exact) mass is 676 g/mol. The van der Waals surface area contributed by atoms with Gasteiger partial charge in [-0.25, -0.2) is 0 Å². The van der Waals surface area contributed by atoms with Crippen molar-refractivity contribution < 1.29 is 22.7 Å². The quantitative estimate of drug-likeness (QED) is 0.101. The Kier molecular flexibility index (Phi) is 10.2. The van der Waals surface area contributed by atoms with Gasteiger partial charge < -0.3 is 4.74 Å². The maximum atomic E-state index is 16.0. The van der Waals surface area contributed by atoms with Gasteiger partial charge >= 0.3 is 13.6 Å². The highest BCUT2D eigenvalue weighted by Crippen LogP contribution is 2.76. The first-order valence-electron chi connectivity index (χ1n) is 15.2. The summed E-state index contributed by atoms with van der Waals surface area (Å²) in [5, 5.41) is 5.05. The molecule has 0 aliphatic heterocycles. The van der Waals surface area contributed by atoms with Crippen molar-refractivity contribution in [2.75, 3.05) is 13.3 Å². The maximum absolute atomic E-state index is 16.0. The average molecular weight is 677 g/mol. The van der Waals surface area contributed by atoms with Gasteiger partial charge in [-0.2, -0.15) is 0 Å². The van der Waals surface area contributed by atoms with E-state index in [0.717, 1.165) is 31.8 Å². The van der Waals surface area contributed by atoms with Gasteiger partial charge in [0.2, 0.25) is 0 Å². The predicted octanol–water partition coefficient (Wildman–Crippen LogP) is 7.20. The molecule has 0 saturated carbocycles. The van der Waals surface area contributed by atoms with Crippen LogP contribution in [0.15, 0.2) is 182 Å². The Morgan fingerprint density at radius 1 is 0.447 bits per heavy atom. The standard InChI is InChI=1S/C39H35O5P3/c1-42-39(40)32-45(41,43-46(33-20-8-2-9-21-33,34-22-10-3-11-23-34)35-24-12-4-13-25-35)44-47(36-26-14-5-15-27-36,37-28-16-6-17-29-37)38-30-18-7-19-31-38/h2-31H,32H2,1H3/q+2. The molecule has 0 unspecified atom stereocenters. The number of hydrogen-bond donors (Lipinski definition) is 0. The van der Waals surface area contributed by atoms with Gasteiger partial charge in [0.25, 0.3) is 15.0 Å². The Bertz CT molecular complexity index is 1600. The van der Waals surface area contributed by atoms with Crippen LogP contribution in [0.1, 0.15) is 0 Å². The smallest absolute Gasteiger partial charge is 0.410 e. The number of hydrogen-bond acceptors (Lipinski definition) is 5. The second-order valence-corrected chi connectivity index (χ2v) is 19.1. The normalized spacial score (nSPS) is 11.9. The summed E-state index contributed by atoms with van der Waals surface area (Å²) in [6, 6.07) is 58.9. The van der Waals surface area contributed by atoms with E-state index in [0.29, 0.717) is 0 Å². The Morgan fingerprint density at radius 3 is 0.851 bits per heavy atom. The van der Waals surface area contributed by atoms with Gasteiger partial charge in [0, 0.05) is 0 Å². The van der Waals surface area contributed by atoms with Crippen molar-refractivity contribution in [3.05, 3.63) is 182 Å². The molecule has 0 spiro atoms. The molecule has 0 aromatic heterocycles. The Labute approximate surface area is 277 Å². The van der Waals surface area contributed by atoms with Crippen LogP contribution in [0.2, 0.25) is 0 Å². The first-order chi connectivity index (χ1) is 23.0. The van der Waals surface area contributed by atoms with E-state index in [4.69, 9.17) is 13.4 Å². The van der Waals surface area contributed by atoms with E-state index >= 15 is 4.57 Å². The number of carbonyl (C=O) groups is 1. The number of carbonyl (C=O) groups excluding carboxylic acids is 1. The summed E-state index contributed by atoms with van der Waals surface area (Å²) in [4.78, 5) is 13.3. The fraction of sp³-hybridized carbons (Fsp3) is 0.0513. The molecule has 5 nitrogen and oxygen atoms in total. The zero-order valence-electron chi connectivity index (χ0n) is 25.9. The molecule has 0 amide bonds. The van der Waals surface area contributed by atoms with E-state index in [2.05, 4.69) is 0 Å². The molecule has 0 N–H and O–H groups in total. The summed E-state index contributed by atoms with van der Waals surface area (Å²) in [7, 11) is -9.48. The lowest BCUT2D eigenvalue weighted by Crippen LogP contribution is -2.35. The number of ether oxygens (including phenoxy) is 1. The van der Waals surface area contributed by atoms with E-state index < -0.39 is 34.7 Å². The van der Waals surface area contributed by atoms with E-state index in [1.165, 1.54) is 7.11 Å². The molecule has 0 heterocycles. The number of benzene rings is 6. The van der Waals surface area contributed by atoms with Crippen LogP contribution in [-0.4, -0.2) is 19.2 Å². The van der Waals surface area contributed by atoms with Crippen LogP contribution in [0.4, 0.5) is 0 Å². The van der Waals surface area contributed by atoms with Gasteiger partial charge in [-0.3, -0.25) is 9.36 Å². The molecule has 0 bridgehead atoms. The SMILES string of the molecule is COC(=O)CP(=O)(O[P+](c1ccccc1)(c1ccccc1)c1ccccc1)O[P+](c1ccccc1)(c1ccccc1)c1ccccc1. The highest BCUT2D eigenvalue weighted by atomic mass is 31.3. The topological polar surface area (TPSA) is 61.8 Å². The van der Waals surface area contributed by atoms with Gasteiger partial charge in [0.1, 0.15) is 31.8 Å². The van der Waals surface area contributed by atoms with Crippen LogP contribution in [0, 0.1) is 0 Å². The fourth-order valence-corrected chi connectivity index (χ4v) is 17.6. The Balaban J connectivity index is 1.66. The molecule has 6 aromatic carbocycles. The number of methoxy groups -OCH3 is 1. The molecule has 6 rings (SSSR count). The molecule has 0 fully saturated rings. The van der Waals surface area contributed by atoms with Gasteiger partial charge in [-0.05, 0) is 72.8 Å². The highest BCUT2D eigenvalue weighted by molar-refractivity contribution is 7.98. The van der Waals surface area contributed by atoms with Gasteiger partial charge in [0.15, 0.2) is 6.16 Å². The second kappa shape index (κ2) is 14.7. The van der Waals surface area contributed by atoms with Crippen molar-refractivity contribution in [1.29, 1.82) is 0 Å². The van der Waals surface area contributed by atoms with E-state index in [1.54, 1.807) is 0 Å². The Morgan fingerprint density at radius 2 is 0.660 bits per heavy atom. The minimum absolute atomic E-state index is 0.577. The average Bonchev–Trinajstić information content (AvgIpc) is 3.15. The zero-order valence-corrected chi connectivity index (χ0v) is 28.6. The fourth-order valence-electron chi connectivity index (χ4n) is 5.67. The lowest BCUT2D eigenvalue weighted by molar-refractivity contribution is -0.137. The lowest BCUT2D eigenvalue weighted by Gasteiger charge is -2.32. The van der Waals surface area contributed by atoms with Crippen molar-refractivity contribution in [3.63, 3.8) is 0 Å². The predicted molar refractivity (Wildman–Crippen MR) is 197 cm³/mol. The largest absolute Gasteiger partial charge is 0.469 e. The summed E-state index contributed by atoms with van der Waals surface area (Å²) in [5.74, 6) is -0.687. The van der Waals surface area contributed by atoms with E-state index in [1.807, 2.05) is 182 Å². The molecule has 8 heteroatoms. The molecule has 0 saturated heterocycles. The first-order valence-corrected chi connectivity index (χ1v) is 20.3. The summed E-state index contributed by atoms with van der Waals surface area (Å²) in [6.07, 6.45) is -0.577. The van der Waals surface area contributed by atoms with E-state index in [-0.39, 0.29) is 0 Å². The summed E-state index contributed by atoms with van der Waals surface area (Å²) < 4.78 is 35.6. The highest BCUT2D eigenvalue weighted by Gasteiger charge is 2.61. The third-order valence-corrected chi connectivity index (χ3v) is 18.5. The summed E-state index contributed by atoms with van der Waals surface area (Å²) in [6.45, 7) is 0. The molecule has 0 atom stereocenters. The maximum Gasteiger partial charge on any atom is 0.410 e. The van der Waals surface area contributed by atoms with Crippen molar-refractivity contribution in [1.82, 2.24) is 0 Å². The summed E-state index contributed by atoms with van der Waals surface area (Å²) >= 11 is 0. The number of esters is 1. The minimum Gasteiger partial charge on any atom is -0.469 e. The second-order valence-electron chi connectivity index (χ2n) is 10.7. The van der Waals surface area contributed by atoms with Crippen LogP contribution >= 0.6 is 22.6 Å². The van der Waals surface area contributed by atoms with E-state index in [9.17, 15) is 4.79 Å². The lowest BCUT2D eigenvalue weighted by atomic mass is 10.4. The molecule has 0 aliphatic carbocycles. The molecule has 234 valence electrons. The van der Waals surface area contributed by atoms with Crippen LogP contribution < -0.4 is 31.8 Å². The molecule has 6 aromatic rings. The molecule has 47 heavy (non-hydrogen) atoms. The van der Waals surface area contributed by atoms with Crippen molar-refractivity contribution >= 4 is 60.4 Å². The number of rotatable bonds is 12. The molecular formula is C39H35O5P3+2. The Hall–Kier alpha value is -4.20. The van der Waals surface area contributed by atoms with Gasteiger partial charge in [-0.15, -0.1) is 8.62 Å². The molecule has 0 aliphatic rings. The third-order valence-electron chi connectivity index (χ3n) is 7.76. The van der Waals surface area contributed by atoms with Crippen LogP contribution in [0.5, 0.6) is 0 Å². The van der Waals surface area contributed by atoms with Crippen LogP contribution in [0.3, 0.4) is 0 Å². The zero-order chi connectivity index (χ0) is 32.6. The van der Waals surface area contributed by atoms with Gasteiger partial charge in [-0.1, -0.05) is 109 Å². The minimum atomic E-state index is -4.40.